The number of hydrogen-bond donors (Lipinski definition) is 0. The molecule has 6 rings (SSSR count). The standard InChI is InChI=1S/2C17H23NO6.C16H21NO6/c1-5-16(2,3)15(21)22-9-13(19)24-17(4)7-10(8-18)11-6-12(17)23-14(11)20;1-5-16(2,3)15(21)22-9-13(19)23-12-6-10(8-18)11-7-17(12,4)24-14(11)20;1-4-16(2,3)15(20)21-8-13(18)22-11-5-9(7-17)10-6-12(11)23-14(10)19/h2*10-12H,5-7,9H2,1-4H3;9-12H,4-6,8H2,1-3H3. The molecule has 0 spiro atoms. The zero-order valence-electron chi connectivity index (χ0n) is 42.4. The second-order valence-electron chi connectivity index (χ2n) is 21.2. The number of nitrogens with zero attached hydrogens (tertiary/aromatic N) is 3. The van der Waals surface area contributed by atoms with Gasteiger partial charge in [-0.25, -0.2) is 14.4 Å². The number of carbonyl (C=O) groups is 9. The summed E-state index contributed by atoms with van der Waals surface area (Å²) in [4.78, 5) is 107. The summed E-state index contributed by atoms with van der Waals surface area (Å²) in [5.74, 6) is -7.71. The largest absolute Gasteiger partial charge is 0.458 e. The van der Waals surface area contributed by atoms with E-state index in [4.69, 9.17) is 47.9 Å². The predicted octanol–water partition coefficient (Wildman–Crippen LogP) is 4.84. The average Bonchev–Trinajstić information content (AvgIpc) is 3.95. The van der Waals surface area contributed by atoms with Crippen LogP contribution in [0.3, 0.4) is 0 Å². The summed E-state index contributed by atoms with van der Waals surface area (Å²) in [5, 5.41) is 27.5. The minimum absolute atomic E-state index is 0.227. The smallest absolute Gasteiger partial charge is 0.344 e. The molecule has 3 heterocycles. The van der Waals surface area contributed by atoms with E-state index in [2.05, 4.69) is 18.2 Å². The lowest BCUT2D eigenvalue weighted by molar-refractivity contribution is -0.185. The minimum Gasteiger partial charge on any atom is -0.458 e. The van der Waals surface area contributed by atoms with Gasteiger partial charge in [0.05, 0.1) is 70.0 Å². The molecule has 0 amide bonds. The van der Waals surface area contributed by atoms with Gasteiger partial charge in [0.25, 0.3) is 0 Å². The number of fused-ring (bicyclic) bond motifs is 6. The Kier molecular flexibility index (Phi) is 18.4. The molecule has 21 nitrogen and oxygen atoms in total. The van der Waals surface area contributed by atoms with E-state index in [1.807, 2.05) is 20.8 Å². The molecule has 0 aromatic heterocycles. The quantitative estimate of drug-likeness (QED) is 0.156. The Labute approximate surface area is 413 Å². The first kappa shape index (κ1) is 57.3. The van der Waals surface area contributed by atoms with Crippen molar-refractivity contribution in [2.24, 2.45) is 51.8 Å². The Morgan fingerprint density at radius 1 is 0.577 bits per heavy atom. The van der Waals surface area contributed by atoms with E-state index in [0.29, 0.717) is 38.5 Å². The van der Waals surface area contributed by atoms with Crippen LogP contribution in [0.1, 0.15) is 134 Å². The van der Waals surface area contributed by atoms with Crippen molar-refractivity contribution in [2.75, 3.05) is 19.8 Å². The maximum atomic E-state index is 12.1. The summed E-state index contributed by atoms with van der Waals surface area (Å²) < 4.78 is 46.8. The van der Waals surface area contributed by atoms with Crippen LogP contribution < -0.4 is 0 Å². The Balaban J connectivity index is 0.000000231. The van der Waals surface area contributed by atoms with Gasteiger partial charge < -0.3 is 42.6 Å². The minimum atomic E-state index is -1.08. The number of nitriles is 3. The molecule has 21 heteroatoms. The molecule has 6 fully saturated rings. The lowest BCUT2D eigenvalue weighted by Crippen LogP contribution is -2.48. The molecule has 0 radical (unpaired) electrons. The number of hydrogen-bond acceptors (Lipinski definition) is 21. The summed E-state index contributed by atoms with van der Waals surface area (Å²) in [6, 6.07) is 6.24. The molecule has 12 atom stereocenters. The van der Waals surface area contributed by atoms with E-state index >= 15 is 0 Å². The fraction of sp³-hybridized carbons (Fsp3) is 0.760. The van der Waals surface area contributed by atoms with Crippen molar-refractivity contribution in [3.05, 3.63) is 0 Å². The van der Waals surface area contributed by atoms with Gasteiger partial charge in [-0.2, -0.15) is 15.8 Å². The zero-order valence-corrected chi connectivity index (χ0v) is 42.4. The molecular formula is C50H67N3O18. The molecular weight excluding hydrogens is 931 g/mol. The van der Waals surface area contributed by atoms with Crippen LogP contribution in [0.4, 0.5) is 0 Å². The molecule has 0 aromatic carbocycles. The van der Waals surface area contributed by atoms with Gasteiger partial charge >= 0.3 is 53.7 Å². The van der Waals surface area contributed by atoms with Crippen molar-refractivity contribution >= 4 is 53.7 Å². The summed E-state index contributed by atoms with van der Waals surface area (Å²) in [6.07, 6.45) is 1.15. The van der Waals surface area contributed by atoms with Crippen molar-refractivity contribution in [2.45, 2.75) is 170 Å². The van der Waals surface area contributed by atoms with Crippen LogP contribution in [0.2, 0.25) is 0 Å². The van der Waals surface area contributed by atoms with E-state index in [-0.39, 0.29) is 19.3 Å². The van der Waals surface area contributed by atoms with Crippen LogP contribution in [0, 0.1) is 85.7 Å². The third-order valence-corrected chi connectivity index (χ3v) is 14.8. The average molecular weight is 998 g/mol. The number of ether oxygens (including phenoxy) is 9. The van der Waals surface area contributed by atoms with Crippen LogP contribution in [-0.2, 0) is 85.8 Å². The molecule has 12 unspecified atom stereocenters. The molecule has 6 bridgehead atoms. The van der Waals surface area contributed by atoms with Crippen molar-refractivity contribution in [1.29, 1.82) is 15.8 Å². The van der Waals surface area contributed by atoms with E-state index < -0.39 is 161 Å². The van der Waals surface area contributed by atoms with Crippen LogP contribution in [-0.4, -0.2) is 109 Å². The fourth-order valence-corrected chi connectivity index (χ4v) is 8.69. The summed E-state index contributed by atoms with van der Waals surface area (Å²) in [6.45, 7) is 17.8. The first-order valence-electron chi connectivity index (χ1n) is 24.0. The van der Waals surface area contributed by atoms with Crippen molar-refractivity contribution in [3.63, 3.8) is 0 Å². The van der Waals surface area contributed by atoms with Gasteiger partial charge in [0.15, 0.2) is 19.8 Å². The summed E-state index contributed by atoms with van der Waals surface area (Å²) in [5.41, 5.74) is -4.00. The van der Waals surface area contributed by atoms with E-state index in [9.17, 15) is 53.7 Å². The lowest BCUT2D eigenvalue weighted by atomic mass is 9.73. The molecule has 0 N–H and O–H groups in total. The Hall–Kier alpha value is -6.30. The molecule has 390 valence electrons. The van der Waals surface area contributed by atoms with Crippen LogP contribution in [0.25, 0.3) is 0 Å². The highest BCUT2D eigenvalue weighted by Gasteiger charge is 2.59. The van der Waals surface area contributed by atoms with Crippen LogP contribution >= 0.6 is 0 Å². The van der Waals surface area contributed by atoms with Crippen LogP contribution in [0.5, 0.6) is 0 Å². The van der Waals surface area contributed by atoms with E-state index in [1.54, 1.807) is 55.4 Å². The molecule has 6 aliphatic rings. The van der Waals surface area contributed by atoms with Crippen molar-refractivity contribution in [3.8, 4) is 18.2 Å². The van der Waals surface area contributed by atoms with Gasteiger partial charge in [0, 0.05) is 38.5 Å². The van der Waals surface area contributed by atoms with Gasteiger partial charge in [-0.3, -0.25) is 28.8 Å². The first-order valence-corrected chi connectivity index (χ1v) is 24.0. The molecule has 3 aliphatic heterocycles. The Bertz CT molecular complexity index is 2220. The third-order valence-electron chi connectivity index (χ3n) is 14.8. The Morgan fingerprint density at radius 2 is 1.03 bits per heavy atom. The van der Waals surface area contributed by atoms with Gasteiger partial charge in [0.2, 0.25) is 0 Å². The molecule has 3 saturated carbocycles. The van der Waals surface area contributed by atoms with E-state index in [0.717, 1.165) is 0 Å². The van der Waals surface area contributed by atoms with Gasteiger partial charge in [-0.1, -0.05) is 20.8 Å². The molecule has 3 aliphatic carbocycles. The van der Waals surface area contributed by atoms with Crippen molar-refractivity contribution < 1.29 is 85.8 Å². The van der Waals surface area contributed by atoms with Gasteiger partial charge in [0.1, 0.15) is 35.6 Å². The maximum Gasteiger partial charge on any atom is 0.344 e. The van der Waals surface area contributed by atoms with Crippen LogP contribution in [0.15, 0.2) is 0 Å². The lowest BCUT2D eigenvalue weighted by Gasteiger charge is -2.37. The molecule has 3 saturated heterocycles. The second kappa shape index (κ2) is 22.8. The predicted molar refractivity (Wildman–Crippen MR) is 239 cm³/mol. The topological polar surface area (TPSA) is 308 Å². The van der Waals surface area contributed by atoms with Crippen molar-refractivity contribution in [1.82, 2.24) is 0 Å². The first-order chi connectivity index (χ1) is 33.0. The van der Waals surface area contributed by atoms with E-state index in [1.165, 1.54) is 0 Å². The van der Waals surface area contributed by atoms with Gasteiger partial charge in [-0.15, -0.1) is 0 Å². The SMILES string of the molecule is CCC(C)(C)C(=O)OCC(=O)OC1(C)CC(C#N)C2CC1OC2=O.CCC(C)(C)C(=O)OCC(=O)OC1CC(C#N)C2CC1(C)OC2=O.CCC(C)(C)C(=O)OCC(=O)OC1CC(C#N)C2CC1OC2=O. The highest BCUT2D eigenvalue weighted by molar-refractivity contribution is 5.82. The molecule has 71 heavy (non-hydrogen) atoms. The maximum absolute atomic E-state index is 12.1. The normalized spacial score (nSPS) is 31.0. The summed E-state index contributed by atoms with van der Waals surface area (Å²) >= 11 is 0. The second-order valence-corrected chi connectivity index (χ2v) is 21.2. The number of rotatable bonds is 15. The number of esters is 9. The highest BCUT2D eigenvalue weighted by atomic mass is 16.6. The summed E-state index contributed by atoms with van der Waals surface area (Å²) in [7, 11) is 0. The molecule has 0 aromatic rings. The number of carbonyl (C=O) groups excluding carboxylic acids is 9. The van der Waals surface area contributed by atoms with Gasteiger partial charge in [-0.05, 0) is 74.7 Å². The highest BCUT2D eigenvalue weighted by Crippen LogP contribution is 2.48. The Morgan fingerprint density at radius 3 is 1.52 bits per heavy atom. The fourth-order valence-electron chi connectivity index (χ4n) is 8.69. The zero-order chi connectivity index (χ0) is 53.4. The monoisotopic (exact) mass is 997 g/mol. The third kappa shape index (κ3) is 13.6.